The topological polar surface area (TPSA) is 151 Å². The molecule has 4 atom stereocenters. The Morgan fingerprint density at radius 3 is 1.20 bits per heavy atom. The Morgan fingerprint density at radius 1 is 0.700 bits per heavy atom. The van der Waals surface area contributed by atoms with Crippen molar-refractivity contribution in [2.24, 2.45) is 0 Å². The minimum absolute atomic E-state index is 0.0253. The van der Waals surface area contributed by atoms with Crippen molar-refractivity contribution in [1.29, 1.82) is 0 Å². The molecule has 0 heterocycles. The highest BCUT2D eigenvalue weighted by molar-refractivity contribution is 5.95. The summed E-state index contributed by atoms with van der Waals surface area (Å²) in [5.41, 5.74) is 0.0505. The van der Waals surface area contributed by atoms with E-state index >= 15 is 0 Å². The Labute approximate surface area is 235 Å². The number of esters is 2. The Balaban J connectivity index is 0.000000894. The lowest BCUT2D eigenvalue weighted by Gasteiger charge is -2.21. The van der Waals surface area contributed by atoms with Gasteiger partial charge in [-0.05, 0) is 65.0 Å². The summed E-state index contributed by atoms with van der Waals surface area (Å²) in [6, 6.07) is 16.0. The van der Waals surface area contributed by atoms with Gasteiger partial charge in [0.25, 0.3) is 0 Å². The molecule has 10 heteroatoms. The van der Waals surface area contributed by atoms with E-state index in [0.717, 1.165) is 12.8 Å². The van der Waals surface area contributed by atoms with Gasteiger partial charge in [-0.15, -0.1) is 13.2 Å². The molecule has 0 spiro atoms. The molecule has 0 radical (unpaired) electrons. The average molecular weight is 557 g/mol. The number of nitrogens with one attached hydrogen (secondary N) is 2. The number of carboxylic acid groups (broad SMARTS) is 2. The summed E-state index contributed by atoms with van der Waals surface area (Å²) in [5.74, 6) is -5.63. The van der Waals surface area contributed by atoms with E-state index < -0.39 is 36.1 Å². The van der Waals surface area contributed by atoms with Gasteiger partial charge in [-0.25, -0.2) is 19.2 Å². The van der Waals surface area contributed by atoms with Crippen LogP contribution in [0.25, 0.3) is 0 Å². The molecule has 0 amide bonds. The number of hydrogen-bond acceptors (Lipinski definition) is 8. The zero-order valence-corrected chi connectivity index (χ0v) is 23.4. The second-order valence-corrected chi connectivity index (χ2v) is 8.49. The second kappa shape index (κ2) is 20.7. The van der Waals surface area contributed by atoms with Crippen LogP contribution in [0, 0.1) is 0 Å². The summed E-state index contributed by atoms with van der Waals surface area (Å²) in [5, 5.41) is 24.7. The molecule has 40 heavy (non-hydrogen) atoms. The van der Waals surface area contributed by atoms with Crippen molar-refractivity contribution in [2.75, 3.05) is 14.1 Å². The van der Waals surface area contributed by atoms with Crippen molar-refractivity contribution < 1.29 is 38.9 Å². The molecule has 0 saturated carbocycles. The largest absolute Gasteiger partial charge is 0.478 e. The van der Waals surface area contributed by atoms with Gasteiger partial charge in [-0.1, -0.05) is 48.6 Å². The van der Waals surface area contributed by atoms with E-state index in [1.54, 1.807) is 12.1 Å². The van der Waals surface area contributed by atoms with Crippen LogP contribution in [0.1, 0.15) is 47.4 Å². The molecule has 4 N–H and O–H groups in total. The monoisotopic (exact) mass is 556 g/mol. The van der Waals surface area contributed by atoms with E-state index in [9.17, 15) is 29.4 Å². The lowest BCUT2D eigenvalue weighted by molar-refractivity contribution is -0.166. The van der Waals surface area contributed by atoms with Crippen LogP contribution in [0.4, 0.5) is 0 Å². The number of carbonyl (C=O) groups is 4. The summed E-state index contributed by atoms with van der Waals surface area (Å²) >= 11 is 0. The van der Waals surface area contributed by atoms with Crippen LogP contribution >= 0.6 is 0 Å². The van der Waals surface area contributed by atoms with Crippen LogP contribution < -0.4 is 10.6 Å². The number of carbonyl (C=O) groups excluding carboxylic acids is 2. The molecule has 0 aliphatic heterocycles. The molecule has 1 unspecified atom stereocenters. The lowest BCUT2D eigenvalue weighted by Crippen LogP contribution is -2.45. The third kappa shape index (κ3) is 14.6. The van der Waals surface area contributed by atoms with E-state index in [0.29, 0.717) is 12.1 Å². The van der Waals surface area contributed by atoms with Crippen molar-refractivity contribution in [1.82, 2.24) is 10.6 Å². The highest BCUT2D eigenvalue weighted by atomic mass is 16.6. The van der Waals surface area contributed by atoms with Gasteiger partial charge in [0.1, 0.15) is 0 Å². The van der Waals surface area contributed by atoms with Crippen LogP contribution in [0.2, 0.25) is 0 Å². The van der Waals surface area contributed by atoms with Crippen molar-refractivity contribution >= 4 is 23.9 Å². The number of hydrogen-bond donors (Lipinski definition) is 4. The number of carboxylic acids is 2. The molecule has 218 valence electrons. The first kappa shape index (κ1) is 35.7. The van der Waals surface area contributed by atoms with Crippen LogP contribution in [-0.2, 0) is 19.1 Å². The Bertz CT molecular complexity index is 974. The fourth-order valence-electron chi connectivity index (χ4n) is 2.73. The van der Waals surface area contributed by atoms with E-state index in [1.165, 1.54) is 48.5 Å². The molecule has 2 rings (SSSR count). The quantitative estimate of drug-likeness (QED) is 0.211. The number of benzene rings is 2. The fraction of sp³-hybridized carbons (Fsp3) is 0.333. The Hall–Kier alpha value is -4.28. The predicted molar refractivity (Wildman–Crippen MR) is 153 cm³/mol. The van der Waals surface area contributed by atoms with E-state index in [2.05, 4.69) is 37.6 Å². The van der Waals surface area contributed by atoms with Gasteiger partial charge < -0.3 is 30.3 Å². The zero-order valence-electron chi connectivity index (χ0n) is 23.4. The van der Waals surface area contributed by atoms with Crippen LogP contribution in [0.5, 0.6) is 0 Å². The molecule has 0 aromatic heterocycles. The van der Waals surface area contributed by atoms with E-state index in [1.807, 2.05) is 26.2 Å². The van der Waals surface area contributed by atoms with Crippen LogP contribution in [0.3, 0.4) is 0 Å². The highest BCUT2D eigenvalue weighted by Crippen LogP contribution is 2.13. The van der Waals surface area contributed by atoms with E-state index in [-0.39, 0.29) is 11.1 Å². The van der Waals surface area contributed by atoms with Gasteiger partial charge in [-0.3, -0.25) is 0 Å². The maximum absolute atomic E-state index is 12.0. The first-order valence-corrected chi connectivity index (χ1v) is 12.6. The standard InChI is InChI=1S/C18H14O8.2C6H13N/c19-15(20)13(25-17(23)11-7-3-1-4-8-11)14(16(21)22)26-18(24)12-9-5-2-6-10-12;2*1-4-5-6(2)7-3/h1-10,13-14H,(H,19,20)(H,21,22);2*4,6-7H,1,5H2,2-3H3/t13-,14?;2*6-/m100/s1. The van der Waals surface area contributed by atoms with E-state index in [4.69, 9.17) is 9.47 Å². The van der Waals surface area contributed by atoms with Gasteiger partial charge >= 0.3 is 23.9 Å². The molecule has 0 aliphatic carbocycles. The molecular weight excluding hydrogens is 516 g/mol. The SMILES string of the molecule is C=CC[C@H](C)NC.C=CC[C@H](C)NC.O=C(OC(C(=O)O)[C@@H](OC(=O)c1ccccc1)C(=O)O)c1ccccc1. The highest BCUT2D eigenvalue weighted by Gasteiger charge is 2.41. The smallest absolute Gasteiger partial charge is 0.349 e. The number of rotatable bonds is 13. The lowest BCUT2D eigenvalue weighted by atomic mass is 10.1. The molecule has 10 nitrogen and oxygen atoms in total. The molecule has 2 aromatic carbocycles. The molecule has 0 saturated heterocycles. The van der Waals surface area contributed by atoms with Gasteiger partial charge in [0, 0.05) is 12.1 Å². The number of aliphatic carboxylic acids is 2. The normalized spacial score (nSPS) is 12.8. The van der Waals surface area contributed by atoms with Crippen LogP contribution in [0.15, 0.2) is 86.0 Å². The van der Waals surface area contributed by atoms with Gasteiger partial charge in [0.2, 0.25) is 12.2 Å². The van der Waals surface area contributed by atoms with Crippen molar-refractivity contribution in [3.8, 4) is 0 Å². The molecule has 0 fully saturated rings. The number of ether oxygens (including phenoxy) is 2. The second-order valence-electron chi connectivity index (χ2n) is 8.49. The first-order chi connectivity index (χ1) is 19.0. The van der Waals surface area contributed by atoms with Crippen molar-refractivity contribution in [3.63, 3.8) is 0 Å². The summed E-state index contributed by atoms with van der Waals surface area (Å²) in [7, 11) is 3.91. The third-order valence-electron chi connectivity index (χ3n) is 5.27. The first-order valence-electron chi connectivity index (χ1n) is 12.6. The maximum atomic E-state index is 12.0. The molecule has 2 aromatic rings. The van der Waals surface area contributed by atoms with Gasteiger partial charge in [0.05, 0.1) is 11.1 Å². The van der Waals surface area contributed by atoms with Crippen LogP contribution in [-0.4, -0.2) is 72.5 Å². The zero-order chi connectivity index (χ0) is 30.5. The summed E-state index contributed by atoms with van der Waals surface area (Å²) < 4.78 is 9.52. The Kier molecular flexibility index (Phi) is 18.4. The van der Waals surface area contributed by atoms with Crippen molar-refractivity contribution in [3.05, 3.63) is 97.1 Å². The van der Waals surface area contributed by atoms with Gasteiger partial charge in [0.15, 0.2) is 0 Å². The minimum atomic E-state index is -2.21. The maximum Gasteiger partial charge on any atom is 0.349 e. The molecular formula is C30H40N2O8. The average Bonchev–Trinajstić information content (AvgIpc) is 2.96. The Morgan fingerprint density at radius 2 is 1.00 bits per heavy atom. The van der Waals surface area contributed by atoms with Crippen molar-refractivity contribution in [2.45, 2.75) is 51.0 Å². The third-order valence-corrected chi connectivity index (χ3v) is 5.27. The summed E-state index contributed by atoms with van der Waals surface area (Å²) in [4.78, 5) is 46.8. The summed E-state index contributed by atoms with van der Waals surface area (Å²) in [6.45, 7) is 11.5. The fourth-order valence-corrected chi connectivity index (χ4v) is 2.73. The predicted octanol–water partition coefficient (Wildman–Crippen LogP) is 3.95. The van der Waals surface area contributed by atoms with Gasteiger partial charge in [-0.2, -0.15) is 0 Å². The summed E-state index contributed by atoms with van der Waals surface area (Å²) in [6.07, 6.45) is 1.51. The molecule has 0 aliphatic rings. The minimum Gasteiger partial charge on any atom is -0.478 e. The molecule has 0 bridgehead atoms.